The van der Waals surface area contributed by atoms with Crippen molar-refractivity contribution in [2.45, 2.75) is 70.0 Å². The van der Waals surface area contributed by atoms with Crippen LogP contribution < -0.4 is 10.6 Å². The number of anilines is 1. The number of piperazine rings is 1. The van der Waals surface area contributed by atoms with E-state index in [0.717, 1.165) is 56.0 Å². The lowest BCUT2D eigenvalue weighted by atomic mass is 9.92. The van der Waals surface area contributed by atoms with E-state index >= 15 is 4.39 Å². The molecule has 2 amide bonds. The summed E-state index contributed by atoms with van der Waals surface area (Å²) >= 11 is 1.49. The minimum Gasteiger partial charge on any atom is -0.366 e. The van der Waals surface area contributed by atoms with Gasteiger partial charge in [-0.05, 0) is 42.9 Å². The van der Waals surface area contributed by atoms with Crippen LogP contribution in [0.3, 0.4) is 0 Å². The summed E-state index contributed by atoms with van der Waals surface area (Å²) in [7, 11) is 0. The molecule has 3 aliphatic heterocycles. The molecule has 2 atom stereocenters. The fourth-order valence-corrected chi connectivity index (χ4v) is 8.62. The van der Waals surface area contributed by atoms with E-state index in [-0.39, 0.29) is 48.0 Å². The third-order valence-corrected chi connectivity index (χ3v) is 11.5. The summed E-state index contributed by atoms with van der Waals surface area (Å²) in [6.07, 6.45) is 4.13. The Morgan fingerprint density at radius 1 is 0.979 bits per heavy atom. The quantitative estimate of drug-likeness (QED) is 0.299. The van der Waals surface area contributed by atoms with Gasteiger partial charge in [-0.3, -0.25) is 14.2 Å². The highest BCUT2D eigenvalue weighted by molar-refractivity contribution is 8.01. The van der Waals surface area contributed by atoms with Crippen LogP contribution in [0.4, 0.5) is 10.1 Å². The number of thioether (sulfide) groups is 1. The van der Waals surface area contributed by atoms with Gasteiger partial charge in [-0.2, -0.15) is 0 Å². The molecule has 6 rings (SSSR count). The number of benzene rings is 2. The molecule has 11 heteroatoms. The first kappa shape index (κ1) is 34.3. The molecule has 3 aliphatic rings. The summed E-state index contributed by atoms with van der Waals surface area (Å²) in [6, 6.07) is 15.0. The molecule has 260 valence electrons. The predicted molar refractivity (Wildman–Crippen MR) is 193 cm³/mol. The highest BCUT2D eigenvalue weighted by atomic mass is 32.2. The first-order valence-electron chi connectivity index (χ1n) is 17.4. The number of nitrogens with zero attached hydrogens (tertiary/aromatic N) is 5. The zero-order valence-electron chi connectivity index (χ0n) is 28.7. The van der Waals surface area contributed by atoms with Gasteiger partial charge in [0.1, 0.15) is 11.2 Å². The molecular weight excluding hydrogens is 628 g/mol. The fraction of sp³-hybridized carbons (Fsp3) is 0.541. The van der Waals surface area contributed by atoms with Crippen molar-refractivity contribution in [3.63, 3.8) is 0 Å². The Bertz CT molecular complexity index is 1640. The summed E-state index contributed by atoms with van der Waals surface area (Å²) in [5.41, 5.74) is 3.01. The van der Waals surface area contributed by atoms with E-state index in [0.29, 0.717) is 38.2 Å². The molecule has 3 fully saturated rings. The molecule has 48 heavy (non-hydrogen) atoms. The number of piperidine rings is 1. The number of halogens is 1. The van der Waals surface area contributed by atoms with E-state index in [9.17, 15) is 14.4 Å². The van der Waals surface area contributed by atoms with Crippen LogP contribution in [0.2, 0.25) is 0 Å². The van der Waals surface area contributed by atoms with Gasteiger partial charge in [0.2, 0.25) is 11.8 Å². The van der Waals surface area contributed by atoms with E-state index in [1.54, 1.807) is 10.6 Å². The minimum absolute atomic E-state index is 0. The molecule has 1 N–H and O–H groups in total. The molecular formula is C37H51FN6O3S. The van der Waals surface area contributed by atoms with Crippen molar-refractivity contribution in [1.82, 2.24) is 24.3 Å². The molecule has 1 aromatic heterocycles. The highest BCUT2D eigenvalue weighted by Gasteiger charge is 2.44. The number of aromatic nitrogens is 2. The van der Waals surface area contributed by atoms with Crippen LogP contribution >= 0.6 is 11.8 Å². The second-order valence-corrected chi connectivity index (χ2v) is 15.8. The molecule has 0 bridgehead atoms. The van der Waals surface area contributed by atoms with Gasteiger partial charge >= 0.3 is 5.69 Å². The monoisotopic (exact) mass is 678 g/mol. The van der Waals surface area contributed by atoms with Crippen molar-refractivity contribution in [2.75, 3.05) is 57.3 Å². The first-order valence-corrected chi connectivity index (χ1v) is 18.3. The van der Waals surface area contributed by atoms with Crippen LogP contribution in [0, 0.1) is 11.2 Å². The van der Waals surface area contributed by atoms with E-state index in [2.05, 4.69) is 42.5 Å². The SMILES string of the molecule is CCN1CCN(c2c(F)cccc2C2SC(CC(=O)N3CCC(n4cc(-c5ccccc5)[nH]c4=O)CC3)C(=O)N2CCC(C)(C)C)CC1.[HH]. The average Bonchev–Trinajstić information content (AvgIpc) is 3.62. The zero-order valence-corrected chi connectivity index (χ0v) is 29.5. The number of carbonyl (C=O) groups is 2. The second-order valence-electron chi connectivity index (χ2n) is 14.5. The van der Waals surface area contributed by atoms with Crippen LogP contribution in [0.15, 0.2) is 59.5 Å². The maximum absolute atomic E-state index is 15.6. The number of para-hydroxylation sites is 1. The largest absolute Gasteiger partial charge is 0.366 e. The molecule has 9 nitrogen and oxygen atoms in total. The number of hydrogen-bond acceptors (Lipinski definition) is 6. The van der Waals surface area contributed by atoms with Gasteiger partial charge in [0.05, 0.1) is 16.6 Å². The van der Waals surface area contributed by atoms with Gasteiger partial charge in [-0.1, -0.05) is 70.2 Å². The van der Waals surface area contributed by atoms with Gasteiger partial charge in [0.25, 0.3) is 0 Å². The number of likely N-dealkylation sites (N-methyl/N-ethyl adjacent to an activating group) is 1. The molecule has 0 saturated carbocycles. The molecule has 0 spiro atoms. The van der Waals surface area contributed by atoms with Crippen molar-refractivity contribution < 1.29 is 15.4 Å². The smallest absolute Gasteiger partial charge is 0.326 e. The Morgan fingerprint density at radius 2 is 1.69 bits per heavy atom. The number of amides is 2. The van der Waals surface area contributed by atoms with E-state index < -0.39 is 5.25 Å². The van der Waals surface area contributed by atoms with E-state index in [4.69, 9.17) is 0 Å². The first-order chi connectivity index (χ1) is 23.0. The maximum Gasteiger partial charge on any atom is 0.326 e. The molecule has 2 unspecified atom stereocenters. The predicted octanol–water partition coefficient (Wildman–Crippen LogP) is 6.00. The summed E-state index contributed by atoms with van der Waals surface area (Å²) in [4.78, 5) is 51.8. The Kier molecular flexibility index (Phi) is 10.4. The van der Waals surface area contributed by atoms with Crippen molar-refractivity contribution in [3.05, 3.63) is 76.6 Å². The summed E-state index contributed by atoms with van der Waals surface area (Å²) in [5, 5.41) is -0.897. The Morgan fingerprint density at radius 3 is 2.35 bits per heavy atom. The van der Waals surface area contributed by atoms with Crippen LogP contribution in [0.25, 0.3) is 11.3 Å². The van der Waals surface area contributed by atoms with Crippen molar-refractivity contribution in [1.29, 1.82) is 0 Å². The number of likely N-dealkylation sites (tertiary alicyclic amines) is 1. The van der Waals surface area contributed by atoms with Gasteiger partial charge in [-0.25, -0.2) is 9.18 Å². The molecule has 2 aromatic carbocycles. The van der Waals surface area contributed by atoms with Gasteiger partial charge in [-0.15, -0.1) is 11.8 Å². The summed E-state index contributed by atoms with van der Waals surface area (Å²) in [5.74, 6) is -0.353. The van der Waals surface area contributed by atoms with E-state index in [1.165, 1.54) is 17.8 Å². The van der Waals surface area contributed by atoms with Crippen LogP contribution in [-0.4, -0.2) is 93.7 Å². The Balaban J connectivity index is 0.00000468. The molecule has 0 aliphatic carbocycles. The number of imidazole rings is 1. The second kappa shape index (κ2) is 14.5. The third-order valence-electron chi connectivity index (χ3n) is 10.1. The molecule has 0 radical (unpaired) electrons. The van der Waals surface area contributed by atoms with Gasteiger partial charge in [0.15, 0.2) is 0 Å². The zero-order chi connectivity index (χ0) is 34.0. The number of hydrogen-bond donors (Lipinski definition) is 1. The lowest BCUT2D eigenvalue weighted by Crippen LogP contribution is -2.47. The molecule has 3 aromatic rings. The summed E-state index contributed by atoms with van der Waals surface area (Å²) in [6.45, 7) is 14.4. The van der Waals surface area contributed by atoms with Gasteiger partial charge in [0, 0.05) is 71.5 Å². The standard InChI is InChI=1S/C37H49FN6O3S.H2/c1-5-40-20-22-42(23-21-40)33-28(12-9-13-29(33)38)35-43(19-16-37(2,3)4)34(46)31(48-35)24-32(45)41-17-14-27(15-18-41)44-25-30(39-36(44)47)26-10-7-6-8-11-26;/h6-13,25,27,31,35H,5,14-24H2,1-4H3,(H,39,47);1H. The van der Waals surface area contributed by atoms with Gasteiger partial charge < -0.3 is 24.6 Å². The normalized spacial score (nSPS) is 21.4. The van der Waals surface area contributed by atoms with Crippen LogP contribution in [0.1, 0.15) is 71.8 Å². The average molecular weight is 679 g/mol. The van der Waals surface area contributed by atoms with Crippen molar-refractivity contribution in [2.24, 2.45) is 5.41 Å². The molecule has 3 saturated heterocycles. The van der Waals surface area contributed by atoms with E-state index in [1.807, 2.05) is 52.4 Å². The lowest BCUT2D eigenvalue weighted by molar-refractivity contribution is -0.136. The Labute approximate surface area is 288 Å². The number of aromatic amines is 1. The molecule has 4 heterocycles. The van der Waals surface area contributed by atoms with Crippen LogP contribution in [-0.2, 0) is 9.59 Å². The third kappa shape index (κ3) is 7.52. The summed E-state index contributed by atoms with van der Waals surface area (Å²) < 4.78 is 17.4. The van der Waals surface area contributed by atoms with Crippen molar-refractivity contribution >= 4 is 29.3 Å². The Hall–Kier alpha value is -3.57. The van der Waals surface area contributed by atoms with Crippen LogP contribution in [0.5, 0.6) is 0 Å². The lowest BCUT2D eigenvalue weighted by Gasteiger charge is -2.38. The number of rotatable bonds is 9. The number of H-pyrrole nitrogens is 1. The highest BCUT2D eigenvalue weighted by Crippen LogP contribution is 2.48. The fourth-order valence-electron chi connectivity index (χ4n) is 7.13. The maximum atomic E-state index is 15.6. The number of nitrogens with one attached hydrogen (secondary N) is 1. The minimum atomic E-state index is -0.533. The number of carbonyl (C=O) groups excluding carboxylic acids is 2. The topological polar surface area (TPSA) is 84.9 Å². The van der Waals surface area contributed by atoms with Crippen molar-refractivity contribution in [3.8, 4) is 11.3 Å².